The Balaban J connectivity index is 1.76. The Hall–Kier alpha value is -2.28. The summed E-state index contributed by atoms with van der Waals surface area (Å²) in [6.45, 7) is 1.03. The van der Waals surface area contributed by atoms with Gasteiger partial charge in [0, 0.05) is 19.2 Å². The fraction of sp³-hybridized carbons (Fsp3) is 0.529. The summed E-state index contributed by atoms with van der Waals surface area (Å²) in [6.07, 6.45) is 1.83. The highest BCUT2D eigenvalue weighted by atomic mass is 16.5. The van der Waals surface area contributed by atoms with Gasteiger partial charge in [0.05, 0.1) is 25.8 Å². The number of amides is 1. The zero-order valence-electron chi connectivity index (χ0n) is 13.9. The van der Waals surface area contributed by atoms with Crippen molar-refractivity contribution in [2.45, 2.75) is 25.3 Å². The minimum absolute atomic E-state index is 0.0392. The van der Waals surface area contributed by atoms with Gasteiger partial charge in [0.25, 0.3) is 0 Å². The summed E-state index contributed by atoms with van der Waals surface area (Å²) in [4.78, 5) is 25.6. The molecular formula is C17H22N2O5. The van der Waals surface area contributed by atoms with E-state index >= 15 is 0 Å². The van der Waals surface area contributed by atoms with E-state index in [1.807, 2.05) is 12.1 Å². The second kappa shape index (κ2) is 6.68. The van der Waals surface area contributed by atoms with Crippen LogP contribution in [0.3, 0.4) is 0 Å². The molecule has 7 heteroatoms. The fourth-order valence-electron chi connectivity index (χ4n) is 3.44. The quantitative estimate of drug-likeness (QED) is 0.856. The molecule has 2 aliphatic rings. The Morgan fingerprint density at radius 1 is 1.21 bits per heavy atom. The molecule has 2 heterocycles. The Morgan fingerprint density at radius 3 is 2.50 bits per heavy atom. The number of carboxylic acid groups (broad SMARTS) is 1. The summed E-state index contributed by atoms with van der Waals surface area (Å²) in [5.74, 6) is 0.249. The van der Waals surface area contributed by atoms with Gasteiger partial charge in [0.1, 0.15) is 6.04 Å². The maximum Gasteiger partial charge on any atom is 0.320 e. The Labute approximate surface area is 140 Å². The Kier molecular flexibility index (Phi) is 4.62. The number of fused-ring (bicyclic) bond motifs is 1. The molecule has 0 bridgehead atoms. The van der Waals surface area contributed by atoms with Crippen LogP contribution in [0.25, 0.3) is 0 Å². The Bertz CT molecular complexity index is 653. The SMILES string of the molecule is COc1cc2c(cc1OC)N(C(=O)C1CCC(C(=O)O)NC1)CC2. The van der Waals surface area contributed by atoms with Gasteiger partial charge in [-0.2, -0.15) is 0 Å². The number of benzene rings is 1. The average molecular weight is 334 g/mol. The highest BCUT2D eigenvalue weighted by Gasteiger charge is 2.35. The number of carbonyl (C=O) groups is 2. The van der Waals surface area contributed by atoms with Crippen LogP contribution in [0.4, 0.5) is 5.69 Å². The summed E-state index contributed by atoms with van der Waals surface area (Å²) in [6, 6.07) is 3.21. The van der Waals surface area contributed by atoms with Crippen molar-refractivity contribution in [3.05, 3.63) is 17.7 Å². The minimum atomic E-state index is -0.857. The van der Waals surface area contributed by atoms with E-state index in [-0.39, 0.29) is 11.8 Å². The summed E-state index contributed by atoms with van der Waals surface area (Å²) in [5, 5.41) is 12.0. The predicted octanol–water partition coefficient (Wildman–Crippen LogP) is 1.05. The third-order valence-corrected chi connectivity index (χ3v) is 4.81. The lowest BCUT2D eigenvalue weighted by atomic mass is 9.93. The molecular weight excluding hydrogens is 312 g/mol. The zero-order valence-corrected chi connectivity index (χ0v) is 13.9. The smallest absolute Gasteiger partial charge is 0.320 e. The van der Waals surface area contributed by atoms with Gasteiger partial charge in [-0.3, -0.25) is 9.59 Å². The lowest BCUT2D eigenvalue weighted by Crippen LogP contribution is -2.49. The van der Waals surface area contributed by atoms with Crippen molar-refractivity contribution in [1.29, 1.82) is 0 Å². The molecule has 2 unspecified atom stereocenters. The van der Waals surface area contributed by atoms with Crippen molar-refractivity contribution < 1.29 is 24.2 Å². The molecule has 0 aromatic heterocycles. The first-order valence-corrected chi connectivity index (χ1v) is 8.07. The molecule has 0 radical (unpaired) electrons. The van der Waals surface area contributed by atoms with E-state index in [9.17, 15) is 9.59 Å². The van der Waals surface area contributed by atoms with Crippen molar-refractivity contribution >= 4 is 17.6 Å². The van der Waals surface area contributed by atoms with E-state index < -0.39 is 12.0 Å². The van der Waals surface area contributed by atoms with Gasteiger partial charge in [0.15, 0.2) is 11.5 Å². The number of ether oxygens (including phenoxy) is 2. The number of aliphatic carboxylic acids is 1. The van der Waals surface area contributed by atoms with Gasteiger partial charge in [-0.1, -0.05) is 0 Å². The van der Waals surface area contributed by atoms with E-state index in [1.165, 1.54) is 0 Å². The van der Waals surface area contributed by atoms with E-state index in [1.54, 1.807) is 19.1 Å². The molecule has 0 spiro atoms. The summed E-state index contributed by atoms with van der Waals surface area (Å²) < 4.78 is 10.6. The number of anilines is 1. The topological polar surface area (TPSA) is 88.1 Å². The number of hydrogen-bond donors (Lipinski definition) is 2. The van der Waals surface area contributed by atoms with Crippen molar-refractivity contribution in [3.8, 4) is 11.5 Å². The van der Waals surface area contributed by atoms with Crippen molar-refractivity contribution in [1.82, 2.24) is 5.32 Å². The number of methoxy groups -OCH3 is 2. The summed E-state index contributed by atoms with van der Waals surface area (Å²) in [7, 11) is 3.16. The number of carbonyl (C=O) groups excluding carboxylic acids is 1. The largest absolute Gasteiger partial charge is 0.493 e. The minimum Gasteiger partial charge on any atom is -0.493 e. The maximum atomic E-state index is 12.9. The van der Waals surface area contributed by atoms with Crippen LogP contribution < -0.4 is 19.7 Å². The standard InChI is InChI=1S/C17H22N2O5/c1-23-14-7-10-5-6-19(13(10)8-15(14)24-2)16(20)11-3-4-12(17(21)22)18-9-11/h7-8,11-12,18H,3-6,9H2,1-2H3,(H,21,22). The zero-order chi connectivity index (χ0) is 17.3. The number of nitrogens with zero attached hydrogens (tertiary/aromatic N) is 1. The maximum absolute atomic E-state index is 12.9. The molecule has 3 rings (SSSR count). The van der Waals surface area contributed by atoms with E-state index in [0.717, 1.165) is 17.7 Å². The molecule has 1 amide bonds. The van der Waals surface area contributed by atoms with Crippen LogP contribution in [0.2, 0.25) is 0 Å². The lowest BCUT2D eigenvalue weighted by molar-refractivity contribution is -0.141. The third-order valence-electron chi connectivity index (χ3n) is 4.81. The number of rotatable bonds is 4. The molecule has 1 saturated heterocycles. The van der Waals surface area contributed by atoms with Gasteiger partial charge in [-0.25, -0.2) is 0 Å². The number of piperidine rings is 1. The first-order chi connectivity index (χ1) is 11.5. The van der Waals surface area contributed by atoms with Gasteiger partial charge >= 0.3 is 5.97 Å². The van der Waals surface area contributed by atoms with Gasteiger partial charge in [-0.05, 0) is 30.9 Å². The van der Waals surface area contributed by atoms with Crippen molar-refractivity contribution in [2.75, 3.05) is 32.2 Å². The van der Waals surface area contributed by atoms with Crippen molar-refractivity contribution in [3.63, 3.8) is 0 Å². The average Bonchev–Trinajstić information content (AvgIpc) is 3.02. The van der Waals surface area contributed by atoms with Gasteiger partial charge in [-0.15, -0.1) is 0 Å². The molecule has 0 saturated carbocycles. The lowest BCUT2D eigenvalue weighted by Gasteiger charge is -2.30. The molecule has 7 nitrogen and oxygen atoms in total. The van der Waals surface area contributed by atoms with E-state index in [4.69, 9.17) is 14.6 Å². The van der Waals surface area contributed by atoms with Crippen LogP contribution in [0.15, 0.2) is 12.1 Å². The van der Waals surface area contributed by atoms with Crippen LogP contribution in [-0.4, -0.2) is 50.3 Å². The predicted molar refractivity (Wildman–Crippen MR) is 87.8 cm³/mol. The van der Waals surface area contributed by atoms with Gasteiger partial charge < -0.3 is 24.8 Å². The van der Waals surface area contributed by atoms with Crippen LogP contribution >= 0.6 is 0 Å². The van der Waals surface area contributed by atoms with Crippen LogP contribution in [0.5, 0.6) is 11.5 Å². The first-order valence-electron chi connectivity index (χ1n) is 8.07. The molecule has 24 heavy (non-hydrogen) atoms. The van der Waals surface area contributed by atoms with Crippen molar-refractivity contribution in [2.24, 2.45) is 5.92 Å². The molecule has 1 aromatic rings. The monoisotopic (exact) mass is 334 g/mol. The second-order valence-corrected chi connectivity index (χ2v) is 6.15. The number of hydrogen-bond acceptors (Lipinski definition) is 5. The molecule has 130 valence electrons. The molecule has 2 aliphatic heterocycles. The molecule has 1 fully saturated rings. The second-order valence-electron chi connectivity index (χ2n) is 6.15. The normalized spacial score (nSPS) is 22.8. The number of carboxylic acids is 1. The summed E-state index contributed by atoms with van der Waals surface area (Å²) >= 11 is 0. The van der Waals surface area contributed by atoms with Crippen LogP contribution in [-0.2, 0) is 16.0 Å². The first kappa shape index (κ1) is 16.6. The van der Waals surface area contributed by atoms with Crippen LogP contribution in [0, 0.1) is 5.92 Å². The molecule has 0 aliphatic carbocycles. The summed E-state index contributed by atoms with van der Waals surface area (Å²) in [5.41, 5.74) is 1.92. The van der Waals surface area contributed by atoms with E-state index in [0.29, 0.717) is 37.4 Å². The Morgan fingerprint density at radius 2 is 1.92 bits per heavy atom. The van der Waals surface area contributed by atoms with Gasteiger partial charge in [0.2, 0.25) is 5.91 Å². The highest BCUT2D eigenvalue weighted by Crippen LogP contribution is 2.39. The van der Waals surface area contributed by atoms with E-state index in [2.05, 4.69) is 5.32 Å². The fourth-order valence-corrected chi connectivity index (χ4v) is 3.44. The third kappa shape index (κ3) is 2.91. The van der Waals surface area contributed by atoms with Crippen LogP contribution in [0.1, 0.15) is 18.4 Å². The molecule has 2 atom stereocenters. The molecule has 1 aromatic carbocycles. The molecule has 2 N–H and O–H groups in total. The number of nitrogens with one attached hydrogen (secondary N) is 1. The highest BCUT2D eigenvalue weighted by molar-refractivity contribution is 5.97.